The Morgan fingerprint density at radius 2 is 2.15 bits per heavy atom. The van der Waals surface area contributed by atoms with Gasteiger partial charge in [0.25, 0.3) is 0 Å². The highest BCUT2D eigenvalue weighted by Crippen LogP contribution is 2.20. The fraction of sp³-hybridized carbons (Fsp3) is 0.333. The first-order valence-corrected chi connectivity index (χ1v) is 6.80. The van der Waals surface area contributed by atoms with Crippen molar-refractivity contribution in [3.8, 4) is 5.69 Å². The largest absolute Gasteiger partial charge is 0.480 e. The molecular formula is C15H17N3O2. The van der Waals surface area contributed by atoms with E-state index in [9.17, 15) is 9.90 Å². The average Bonchev–Trinajstić information content (AvgIpc) is 3.10. The Balaban J connectivity index is 1.71. The summed E-state index contributed by atoms with van der Waals surface area (Å²) in [6.07, 6.45) is 5.36. The monoisotopic (exact) mass is 271 g/mol. The number of aromatic nitrogens is 2. The molecule has 2 heterocycles. The third-order valence-corrected chi connectivity index (χ3v) is 3.74. The normalized spacial score (nSPS) is 19.3. The number of nitrogens with zero attached hydrogens (tertiary/aromatic N) is 3. The number of likely N-dealkylation sites (tertiary alicyclic amines) is 1. The molecule has 1 atom stereocenters. The summed E-state index contributed by atoms with van der Waals surface area (Å²) in [7, 11) is 0. The summed E-state index contributed by atoms with van der Waals surface area (Å²) >= 11 is 0. The minimum atomic E-state index is -0.712. The first-order valence-electron chi connectivity index (χ1n) is 6.80. The molecule has 5 heteroatoms. The summed E-state index contributed by atoms with van der Waals surface area (Å²) in [5.74, 6) is -0.712. The quantitative estimate of drug-likeness (QED) is 0.923. The van der Waals surface area contributed by atoms with E-state index in [1.54, 1.807) is 10.9 Å². The summed E-state index contributed by atoms with van der Waals surface area (Å²) in [4.78, 5) is 13.2. The molecule has 0 radical (unpaired) electrons. The molecule has 1 aromatic carbocycles. The van der Waals surface area contributed by atoms with E-state index < -0.39 is 5.97 Å². The lowest BCUT2D eigenvalue weighted by molar-refractivity contribution is -0.142. The maximum Gasteiger partial charge on any atom is 0.320 e. The molecule has 0 aliphatic carbocycles. The van der Waals surface area contributed by atoms with Crippen molar-refractivity contribution in [3.63, 3.8) is 0 Å². The van der Waals surface area contributed by atoms with Crippen LogP contribution in [0.2, 0.25) is 0 Å². The van der Waals surface area contributed by atoms with Crippen LogP contribution in [-0.4, -0.2) is 38.3 Å². The van der Waals surface area contributed by atoms with E-state index in [1.807, 2.05) is 41.4 Å². The first kappa shape index (κ1) is 12.9. The van der Waals surface area contributed by atoms with Crippen molar-refractivity contribution in [3.05, 3.63) is 48.3 Å². The Bertz CT molecular complexity index is 578. The standard InChI is InChI=1S/C15H17N3O2/c19-15(20)14-3-1-9-17(14)11-12-4-6-13(7-5-12)18-10-2-8-16-18/h2,4-8,10,14H,1,3,9,11H2,(H,19,20)/t14-/m1/s1. The van der Waals surface area contributed by atoms with E-state index in [1.165, 1.54) is 0 Å². The molecule has 1 aliphatic heterocycles. The van der Waals surface area contributed by atoms with Crippen molar-refractivity contribution in [2.24, 2.45) is 0 Å². The summed E-state index contributed by atoms with van der Waals surface area (Å²) in [6, 6.07) is 9.64. The van der Waals surface area contributed by atoms with Gasteiger partial charge in [0.1, 0.15) is 6.04 Å². The van der Waals surface area contributed by atoms with Crippen LogP contribution in [0.25, 0.3) is 5.69 Å². The third kappa shape index (κ3) is 2.58. The minimum absolute atomic E-state index is 0.333. The van der Waals surface area contributed by atoms with Gasteiger partial charge in [-0.15, -0.1) is 0 Å². The van der Waals surface area contributed by atoms with Gasteiger partial charge in [0.05, 0.1) is 5.69 Å². The van der Waals surface area contributed by atoms with Gasteiger partial charge in [0.2, 0.25) is 0 Å². The van der Waals surface area contributed by atoms with Crippen molar-refractivity contribution in [2.75, 3.05) is 6.54 Å². The molecule has 0 bridgehead atoms. The van der Waals surface area contributed by atoms with Crippen LogP contribution in [0.3, 0.4) is 0 Å². The van der Waals surface area contributed by atoms with E-state index in [0.29, 0.717) is 6.54 Å². The van der Waals surface area contributed by atoms with Crippen molar-refractivity contribution >= 4 is 5.97 Å². The first-order chi connectivity index (χ1) is 9.74. The highest BCUT2D eigenvalue weighted by molar-refractivity contribution is 5.73. The molecule has 1 N–H and O–H groups in total. The molecule has 2 aromatic rings. The molecular weight excluding hydrogens is 254 g/mol. The lowest BCUT2D eigenvalue weighted by atomic mass is 10.1. The van der Waals surface area contributed by atoms with Gasteiger partial charge in [0, 0.05) is 18.9 Å². The number of carboxylic acid groups (broad SMARTS) is 1. The summed E-state index contributed by atoms with van der Waals surface area (Å²) in [6.45, 7) is 1.55. The van der Waals surface area contributed by atoms with Crippen LogP contribution < -0.4 is 0 Å². The Kier molecular flexibility index (Phi) is 3.52. The SMILES string of the molecule is O=C(O)[C@H]1CCCN1Cc1ccc(-n2cccn2)cc1. The predicted octanol–water partition coefficient (Wildman–Crippen LogP) is 1.92. The van der Waals surface area contributed by atoms with Gasteiger partial charge in [0.15, 0.2) is 0 Å². The van der Waals surface area contributed by atoms with Crippen LogP contribution in [0.5, 0.6) is 0 Å². The second-order valence-corrected chi connectivity index (χ2v) is 5.08. The summed E-state index contributed by atoms with van der Waals surface area (Å²) in [5.41, 5.74) is 2.14. The number of aliphatic carboxylic acids is 1. The van der Waals surface area contributed by atoms with Crippen molar-refractivity contribution < 1.29 is 9.90 Å². The van der Waals surface area contributed by atoms with Crippen LogP contribution in [0.4, 0.5) is 0 Å². The fourth-order valence-corrected chi connectivity index (χ4v) is 2.71. The van der Waals surface area contributed by atoms with Gasteiger partial charge in [-0.2, -0.15) is 5.10 Å². The summed E-state index contributed by atoms with van der Waals surface area (Å²) in [5, 5.41) is 13.4. The van der Waals surface area contributed by atoms with E-state index in [2.05, 4.69) is 5.10 Å². The lowest BCUT2D eigenvalue weighted by Crippen LogP contribution is -2.35. The maximum atomic E-state index is 11.2. The topological polar surface area (TPSA) is 58.4 Å². The Morgan fingerprint density at radius 3 is 2.80 bits per heavy atom. The van der Waals surface area contributed by atoms with Gasteiger partial charge in [-0.25, -0.2) is 4.68 Å². The number of hydrogen-bond donors (Lipinski definition) is 1. The highest BCUT2D eigenvalue weighted by atomic mass is 16.4. The number of benzene rings is 1. The Morgan fingerprint density at radius 1 is 1.35 bits per heavy atom. The number of hydrogen-bond acceptors (Lipinski definition) is 3. The van der Waals surface area contributed by atoms with Crippen LogP contribution in [-0.2, 0) is 11.3 Å². The summed E-state index contributed by atoms with van der Waals surface area (Å²) < 4.78 is 1.81. The van der Waals surface area contributed by atoms with Crippen LogP contribution >= 0.6 is 0 Å². The van der Waals surface area contributed by atoms with Crippen molar-refractivity contribution in [1.29, 1.82) is 0 Å². The molecule has 20 heavy (non-hydrogen) atoms. The van der Waals surface area contributed by atoms with Gasteiger partial charge < -0.3 is 5.11 Å². The fourth-order valence-electron chi connectivity index (χ4n) is 2.71. The molecule has 104 valence electrons. The zero-order valence-corrected chi connectivity index (χ0v) is 11.1. The Hall–Kier alpha value is -2.14. The molecule has 1 aromatic heterocycles. The lowest BCUT2D eigenvalue weighted by Gasteiger charge is -2.21. The number of carbonyl (C=O) groups is 1. The smallest absolute Gasteiger partial charge is 0.320 e. The maximum absolute atomic E-state index is 11.2. The molecule has 3 rings (SSSR count). The molecule has 0 saturated carbocycles. The van der Waals surface area contributed by atoms with Gasteiger partial charge in [-0.05, 0) is 43.1 Å². The van der Waals surface area contributed by atoms with Crippen molar-refractivity contribution in [1.82, 2.24) is 14.7 Å². The van der Waals surface area contributed by atoms with E-state index in [0.717, 1.165) is 30.6 Å². The molecule has 5 nitrogen and oxygen atoms in total. The highest BCUT2D eigenvalue weighted by Gasteiger charge is 2.30. The molecule has 0 amide bonds. The van der Waals surface area contributed by atoms with Crippen LogP contribution in [0.1, 0.15) is 18.4 Å². The zero-order valence-electron chi connectivity index (χ0n) is 11.1. The molecule has 1 saturated heterocycles. The van der Waals surface area contributed by atoms with Crippen molar-refractivity contribution in [2.45, 2.75) is 25.4 Å². The van der Waals surface area contributed by atoms with Gasteiger partial charge in [-0.3, -0.25) is 9.69 Å². The second-order valence-electron chi connectivity index (χ2n) is 5.08. The Labute approximate surface area is 117 Å². The van der Waals surface area contributed by atoms with E-state index in [-0.39, 0.29) is 6.04 Å². The van der Waals surface area contributed by atoms with Crippen LogP contribution in [0, 0.1) is 0 Å². The second kappa shape index (κ2) is 5.46. The number of rotatable bonds is 4. The van der Waals surface area contributed by atoms with E-state index in [4.69, 9.17) is 0 Å². The molecule has 1 fully saturated rings. The van der Waals surface area contributed by atoms with Gasteiger partial charge in [-0.1, -0.05) is 12.1 Å². The molecule has 1 aliphatic rings. The average molecular weight is 271 g/mol. The minimum Gasteiger partial charge on any atom is -0.480 e. The number of carboxylic acids is 1. The molecule has 0 spiro atoms. The molecule has 0 unspecified atom stereocenters. The van der Waals surface area contributed by atoms with Crippen LogP contribution in [0.15, 0.2) is 42.7 Å². The van der Waals surface area contributed by atoms with E-state index >= 15 is 0 Å². The van der Waals surface area contributed by atoms with Gasteiger partial charge >= 0.3 is 5.97 Å². The zero-order chi connectivity index (χ0) is 13.9. The predicted molar refractivity (Wildman–Crippen MR) is 74.6 cm³/mol. The third-order valence-electron chi connectivity index (χ3n) is 3.74.